The predicted octanol–water partition coefficient (Wildman–Crippen LogP) is 7.11. The van der Waals surface area contributed by atoms with Crippen LogP contribution in [-0.2, 0) is 5.41 Å². The van der Waals surface area contributed by atoms with Crippen LogP contribution in [0, 0.1) is 0 Å². The molecule has 128 valence electrons. The number of hydrogen-bond donors (Lipinski definition) is 0. The zero-order valence-electron chi connectivity index (χ0n) is 16.1. The SMILES string of the molecule is CC(C)c1cc2c(cc1C(C)(C)C)-c1ccccc1C2C1=CC=CC1. The van der Waals surface area contributed by atoms with Gasteiger partial charge in [-0.1, -0.05) is 94.8 Å². The topological polar surface area (TPSA) is 0 Å². The average Bonchev–Trinajstić information content (AvgIpc) is 3.17. The van der Waals surface area contributed by atoms with Crippen LogP contribution in [0.4, 0.5) is 0 Å². The van der Waals surface area contributed by atoms with Crippen LogP contribution in [0.3, 0.4) is 0 Å². The summed E-state index contributed by atoms with van der Waals surface area (Å²) in [5.41, 5.74) is 10.6. The quantitative estimate of drug-likeness (QED) is 0.551. The Hall–Kier alpha value is -2.08. The first-order valence-electron chi connectivity index (χ1n) is 9.51. The zero-order chi connectivity index (χ0) is 17.8. The summed E-state index contributed by atoms with van der Waals surface area (Å²) in [7, 11) is 0. The molecule has 2 aliphatic carbocycles. The molecule has 4 rings (SSSR count). The molecule has 1 unspecified atom stereocenters. The molecule has 0 heteroatoms. The Morgan fingerprint density at radius 3 is 2.36 bits per heavy atom. The van der Waals surface area contributed by atoms with E-state index in [1.807, 2.05) is 0 Å². The van der Waals surface area contributed by atoms with Crippen molar-refractivity contribution < 1.29 is 0 Å². The molecule has 0 fully saturated rings. The highest BCUT2D eigenvalue weighted by Gasteiger charge is 2.33. The second-order valence-corrected chi connectivity index (χ2v) is 8.83. The van der Waals surface area contributed by atoms with E-state index in [0.717, 1.165) is 6.42 Å². The molecule has 0 saturated carbocycles. The molecule has 0 aliphatic heterocycles. The van der Waals surface area contributed by atoms with E-state index in [4.69, 9.17) is 0 Å². The Labute approximate surface area is 152 Å². The molecule has 0 amide bonds. The molecular formula is C25H28. The fourth-order valence-corrected chi connectivity index (χ4v) is 4.47. The Kier molecular flexibility index (Phi) is 3.76. The lowest BCUT2D eigenvalue weighted by molar-refractivity contribution is 0.577. The minimum absolute atomic E-state index is 0.163. The summed E-state index contributed by atoms with van der Waals surface area (Å²) in [4.78, 5) is 0. The molecule has 25 heavy (non-hydrogen) atoms. The van der Waals surface area contributed by atoms with E-state index in [1.165, 1.54) is 39.0 Å². The van der Waals surface area contributed by atoms with Gasteiger partial charge >= 0.3 is 0 Å². The highest BCUT2D eigenvalue weighted by atomic mass is 14.4. The summed E-state index contributed by atoms with van der Waals surface area (Å²) in [6, 6.07) is 14.0. The van der Waals surface area contributed by atoms with Crippen molar-refractivity contribution in [3.8, 4) is 11.1 Å². The maximum absolute atomic E-state index is 2.52. The summed E-state index contributed by atoms with van der Waals surface area (Å²) >= 11 is 0. The molecule has 0 heterocycles. The molecule has 2 aromatic carbocycles. The summed E-state index contributed by atoms with van der Waals surface area (Å²) in [5, 5.41) is 0. The van der Waals surface area contributed by atoms with Crippen LogP contribution in [0.25, 0.3) is 11.1 Å². The average molecular weight is 328 g/mol. The van der Waals surface area contributed by atoms with E-state index >= 15 is 0 Å². The van der Waals surface area contributed by atoms with E-state index in [-0.39, 0.29) is 5.41 Å². The minimum Gasteiger partial charge on any atom is -0.0804 e. The lowest BCUT2D eigenvalue weighted by atomic mass is 9.77. The van der Waals surface area contributed by atoms with E-state index in [1.54, 1.807) is 0 Å². The van der Waals surface area contributed by atoms with Crippen LogP contribution >= 0.6 is 0 Å². The zero-order valence-corrected chi connectivity index (χ0v) is 16.1. The molecular weight excluding hydrogens is 300 g/mol. The van der Waals surface area contributed by atoms with Crippen LogP contribution in [0.15, 0.2) is 60.2 Å². The van der Waals surface area contributed by atoms with Gasteiger partial charge in [0.1, 0.15) is 0 Å². The minimum atomic E-state index is 0.163. The van der Waals surface area contributed by atoms with Crippen molar-refractivity contribution >= 4 is 0 Å². The second-order valence-electron chi connectivity index (χ2n) is 8.83. The van der Waals surface area contributed by atoms with Gasteiger partial charge in [-0.25, -0.2) is 0 Å². The molecule has 0 aromatic heterocycles. The summed E-state index contributed by atoms with van der Waals surface area (Å²) < 4.78 is 0. The van der Waals surface area contributed by atoms with Gasteiger partial charge in [0.15, 0.2) is 0 Å². The molecule has 2 aliphatic rings. The Morgan fingerprint density at radius 2 is 1.72 bits per heavy atom. The number of rotatable bonds is 2. The number of allylic oxidation sites excluding steroid dienone is 4. The third-order valence-electron chi connectivity index (χ3n) is 5.70. The van der Waals surface area contributed by atoms with Gasteiger partial charge in [-0.05, 0) is 51.1 Å². The van der Waals surface area contributed by atoms with Gasteiger partial charge in [0, 0.05) is 5.92 Å². The van der Waals surface area contributed by atoms with Gasteiger partial charge in [0.2, 0.25) is 0 Å². The van der Waals surface area contributed by atoms with Gasteiger partial charge in [-0.2, -0.15) is 0 Å². The van der Waals surface area contributed by atoms with Crippen molar-refractivity contribution in [2.45, 2.75) is 58.3 Å². The van der Waals surface area contributed by atoms with Crippen molar-refractivity contribution in [2.24, 2.45) is 0 Å². The largest absolute Gasteiger partial charge is 0.0804 e. The molecule has 0 N–H and O–H groups in total. The Balaban J connectivity index is 1.99. The van der Waals surface area contributed by atoms with Crippen molar-refractivity contribution in [2.75, 3.05) is 0 Å². The molecule has 1 atom stereocenters. The number of fused-ring (bicyclic) bond motifs is 3. The standard InChI is InChI=1S/C25H28/c1-16(2)20-14-22-21(15-23(20)25(3,4)5)18-12-8-9-13-19(18)24(22)17-10-6-7-11-17/h6-10,12-16,24H,11H2,1-5H3. The van der Waals surface area contributed by atoms with Gasteiger partial charge < -0.3 is 0 Å². The van der Waals surface area contributed by atoms with E-state index in [9.17, 15) is 0 Å². The van der Waals surface area contributed by atoms with E-state index in [0.29, 0.717) is 11.8 Å². The summed E-state index contributed by atoms with van der Waals surface area (Å²) in [6.45, 7) is 11.7. The van der Waals surface area contributed by atoms with Gasteiger partial charge in [-0.3, -0.25) is 0 Å². The van der Waals surface area contributed by atoms with E-state index in [2.05, 4.69) is 89.2 Å². The lowest BCUT2D eigenvalue weighted by Gasteiger charge is -2.27. The van der Waals surface area contributed by atoms with Crippen molar-refractivity contribution in [1.29, 1.82) is 0 Å². The fourth-order valence-electron chi connectivity index (χ4n) is 4.47. The van der Waals surface area contributed by atoms with Crippen molar-refractivity contribution in [1.82, 2.24) is 0 Å². The maximum Gasteiger partial charge on any atom is 0.0317 e. The van der Waals surface area contributed by atoms with Crippen molar-refractivity contribution in [3.05, 3.63) is 82.5 Å². The van der Waals surface area contributed by atoms with Crippen LogP contribution < -0.4 is 0 Å². The molecule has 0 saturated heterocycles. The van der Waals surface area contributed by atoms with Gasteiger partial charge in [-0.15, -0.1) is 0 Å². The van der Waals surface area contributed by atoms with Crippen molar-refractivity contribution in [3.63, 3.8) is 0 Å². The monoisotopic (exact) mass is 328 g/mol. The van der Waals surface area contributed by atoms with Crippen LogP contribution in [-0.4, -0.2) is 0 Å². The third kappa shape index (κ3) is 2.59. The first-order chi connectivity index (χ1) is 11.9. The second kappa shape index (κ2) is 5.73. The molecule has 2 aromatic rings. The summed E-state index contributed by atoms with van der Waals surface area (Å²) in [5.74, 6) is 0.965. The maximum atomic E-state index is 2.52. The highest BCUT2D eigenvalue weighted by Crippen LogP contribution is 2.51. The van der Waals surface area contributed by atoms with E-state index < -0.39 is 0 Å². The number of hydrogen-bond acceptors (Lipinski definition) is 0. The normalized spacial score (nSPS) is 18.5. The van der Waals surface area contributed by atoms with Crippen LogP contribution in [0.1, 0.15) is 75.1 Å². The molecule has 0 nitrogen and oxygen atoms in total. The Morgan fingerprint density at radius 1 is 0.960 bits per heavy atom. The summed E-state index contributed by atoms with van der Waals surface area (Å²) in [6.07, 6.45) is 7.89. The molecule has 0 bridgehead atoms. The van der Waals surface area contributed by atoms with Crippen LogP contribution in [0.5, 0.6) is 0 Å². The molecule has 0 radical (unpaired) electrons. The first kappa shape index (κ1) is 16.4. The predicted molar refractivity (Wildman–Crippen MR) is 108 cm³/mol. The number of benzene rings is 2. The smallest absolute Gasteiger partial charge is 0.0317 e. The Bertz CT molecular complexity index is 885. The van der Waals surface area contributed by atoms with Crippen LogP contribution in [0.2, 0.25) is 0 Å². The highest BCUT2D eigenvalue weighted by molar-refractivity contribution is 5.82. The lowest BCUT2D eigenvalue weighted by Crippen LogP contribution is -2.16. The van der Waals surface area contributed by atoms with Gasteiger partial charge in [0.25, 0.3) is 0 Å². The third-order valence-corrected chi connectivity index (χ3v) is 5.70. The molecule has 0 spiro atoms. The first-order valence-corrected chi connectivity index (χ1v) is 9.51. The fraction of sp³-hybridized carbons (Fsp3) is 0.360. The van der Waals surface area contributed by atoms with Gasteiger partial charge in [0.05, 0.1) is 0 Å².